The summed E-state index contributed by atoms with van der Waals surface area (Å²) in [6.07, 6.45) is 10.5. The normalized spacial score (nSPS) is 41.1. The molecule has 0 heterocycles. The zero-order valence-electron chi connectivity index (χ0n) is 9.04. The van der Waals surface area contributed by atoms with Gasteiger partial charge in [-0.25, -0.2) is 0 Å². The molecule has 82 valence electrons. The van der Waals surface area contributed by atoms with Crippen molar-refractivity contribution >= 4 is 0 Å². The summed E-state index contributed by atoms with van der Waals surface area (Å²) in [5.74, 6) is 0.544. The van der Waals surface area contributed by atoms with Gasteiger partial charge in [0.25, 0.3) is 0 Å². The first-order valence-corrected chi connectivity index (χ1v) is 6.19. The van der Waals surface area contributed by atoms with Gasteiger partial charge in [-0.1, -0.05) is 19.3 Å². The van der Waals surface area contributed by atoms with E-state index in [-0.39, 0.29) is 6.04 Å². The molecule has 14 heavy (non-hydrogen) atoms. The fraction of sp³-hybridized carbons (Fsp3) is 1.00. The highest BCUT2D eigenvalue weighted by molar-refractivity contribution is 4.94. The lowest BCUT2D eigenvalue weighted by Crippen LogP contribution is -2.47. The van der Waals surface area contributed by atoms with Crippen molar-refractivity contribution in [2.24, 2.45) is 11.7 Å². The van der Waals surface area contributed by atoms with E-state index in [4.69, 9.17) is 5.73 Å². The highest BCUT2D eigenvalue weighted by atomic mass is 16.3. The summed E-state index contributed by atoms with van der Waals surface area (Å²) in [5, 5.41) is 10.6. The van der Waals surface area contributed by atoms with Crippen LogP contribution in [0.15, 0.2) is 0 Å². The molecule has 0 aliphatic heterocycles. The average molecular weight is 197 g/mol. The molecule has 2 atom stereocenters. The third kappa shape index (κ3) is 2.12. The zero-order valence-corrected chi connectivity index (χ0v) is 9.04. The van der Waals surface area contributed by atoms with Gasteiger partial charge in [-0.3, -0.25) is 0 Å². The van der Waals surface area contributed by atoms with E-state index < -0.39 is 5.60 Å². The van der Waals surface area contributed by atoms with Crippen LogP contribution in [0.25, 0.3) is 0 Å². The minimum atomic E-state index is -0.405. The van der Waals surface area contributed by atoms with Gasteiger partial charge in [0, 0.05) is 6.04 Å². The van der Waals surface area contributed by atoms with Gasteiger partial charge in [-0.15, -0.1) is 0 Å². The van der Waals surface area contributed by atoms with E-state index in [9.17, 15) is 5.11 Å². The Balaban J connectivity index is 1.98. The molecule has 0 aromatic heterocycles. The van der Waals surface area contributed by atoms with Gasteiger partial charge < -0.3 is 10.8 Å². The Morgan fingerprint density at radius 1 is 1.00 bits per heavy atom. The molecule has 0 saturated heterocycles. The molecule has 3 N–H and O–H groups in total. The van der Waals surface area contributed by atoms with E-state index in [1.807, 2.05) is 0 Å². The Kier molecular flexibility index (Phi) is 3.13. The summed E-state index contributed by atoms with van der Waals surface area (Å²) in [7, 11) is 0. The Morgan fingerprint density at radius 3 is 2.36 bits per heavy atom. The van der Waals surface area contributed by atoms with Crippen molar-refractivity contribution in [2.75, 3.05) is 0 Å². The average Bonchev–Trinajstić information content (AvgIpc) is 2.19. The Bertz CT molecular complexity index is 189. The molecule has 0 amide bonds. The first-order valence-electron chi connectivity index (χ1n) is 6.19. The maximum Gasteiger partial charge on any atom is 0.0690 e. The maximum absolute atomic E-state index is 10.6. The van der Waals surface area contributed by atoms with Crippen molar-refractivity contribution in [3.63, 3.8) is 0 Å². The van der Waals surface area contributed by atoms with E-state index in [1.165, 1.54) is 32.1 Å². The quantitative estimate of drug-likeness (QED) is 0.677. The highest BCUT2D eigenvalue weighted by Crippen LogP contribution is 2.41. The van der Waals surface area contributed by atoms with Crippen LogP contribution in [0.5, 0.6) is 0 Å². The third-order valence-corrected chi connectivity index (χ3v) is 4.17. The van der Waals surface area contributed by atoms with Crippen LogP contribution in [-0.2, 0) is 0 Å². The van der Waals surface area contributed by atoms with E-state index in [0.717, 1.165) is 25.7 Å². The van der Waals surface area contributed by atoms with Gasteiger partial charge in [0.1, 0.15) is 0 Å². The molecule has 0 spiro atoms. The van der Waals surface area contributed by atoms with E-state index in [1.54, 1.807) is 0 Å². The molecule has 0 radical (unpaired) electrons. The van der Waals surface area contributed by atoms with Crippen LogP contribution in [0.1, 0.15) is 57.8 Å². The highest BCUT2D eigenvalue weighted by Gasteiger charge is 2.40. The lowest BCUT2D eigenvalue weighted by Gasteiger charge is -2.43. The molecule has 2 rings (SSSR count). The largest absolute Gasteiger partial charge is 0.390 e. The van der Waals surface area contributed by atoms with E-state index in [2.05, 4.69) is 0 Å². The lowest BCUT2D eigenvalue weighted by atomic mass is 9.69. The SMILES string of the molecule is NC1CCCC(O)(C2CCCCC2)C1. The number of aliphatic hydroxyl groups is 1. The third-order valence-electron chi connectivity index (χ3n) is 4.17. The molecule has 2 heteroatoms. The first kappa shape index (κ1) is 10.4. The van der Waals surface area contributed by atoms with Crippen molar-refractivity contribution in [3.05, 3.63) is 0 Å². The Morgan fingerprint density at radius 2 is 1.71 bits per heavy atom. The fourth-order valence-electron chi connectivity index (χ4n) is 3.34. The minimum Gasteiger partial charge on any atom is -0.390 e. The van der Waals surface area contributed by atoms with Crippen LogP contribution >= 0.6 is 0 Å². The smallest absolute Gasteiger partial charge is 0.0690 e. The predicted octanol–water partition coefficient (Wildman–Crippen LogP) is 2.20. The number of hydrogen-bond acceptors (Lipinski definition) is 2. The first-order chi connectivity index (χ1) is 6.71. The molecule has 2 fully saturated rings. The van der Waals surface area contributed by atoms with Crippen molar-refractivity contribution < 1.29 is 5.11 Å². The van der Waals surface area contributed by atoms with Gasteiger partial charge in [0.15, 0.2) is 0 Å². The number of hydrogen-bond donors (Lipinski definition) is 2. The molecule has 0 aromatic rings. The van der Waals surface area contributed by atoms with Crippen LogP contribution in [-0.4, -0.2) is 16.7 Å². The van der Waals surface area contributed by atoms with Crippen molar-refractivity contribution in [1.29, 1.82) is 0 Å². The monoisotopic (exact) mass is 197 g/mol. The molecule has 2 aliphatic rings. The van der Waals surface area contributed by atoms with Gasteiger partial charge in [-0.05, 0) is 44.4 Å². The lowest BCUT2D eigenvalue weighted by molar-refractivity contribution is -0.0657. The molecule has 0 bridgehead atoms. The molecular weight excluding hydrogens is 174 g/mol. The molecule has 2 unspecified atom stereocenters. The topological polar surface area (TPSA) is 46.2 Å². The van der Waals surface area contributed by atoms with Crippen molar-refractivity contribution in [3.8, 4) is 0 Å². The van der Waals surface area contributed by atoms with Gasteiger partial charge in [-0.2, -0.15) is 0 Å². The predicted molar refractivity (Wildman–Crippen MR) is 58.0 cm³/mol. The van der Waals surface area contributed by atoms with Crippen LogP contribution in [0.4, 0.5) is 0 Å². The van der Waals surface area contributed by atoms with Crippen molar-refractivity contribution in [2.45, 2.75) is 69.4 Å². The summed E-state index contributed by atoms with van der Waals surface area (Å²) >= 11 is 0. The summed E-state index contributed by atoms with van der Waals surface area (Å²) < 4.78 is 0. The molecule has 2 aliphatic carbocycles. The van der Waals surface area contributed by atoms with Gasteiger partial charge in [0.05, 0.1) is 5.60 Å². The van der Waals surface area contributed by atoms with Crippen LogP contribution in [0.2, 0.25) is 0 Å². The van der Waals surface area contributed by atoms with E-state index in [0.29, 0.717) is 5.92 Å². The molecular formula is C12H23NO. The minimum absolute atomic E-state index is 0.246. The zero-order chi connectivity index (χ0) is 10.0. The second-order valence-corrected chi connectivity index (χ2v) is 5.29. The standard InChI is InChI=1S/C12H23NO/c13-11-7-4-8-12(14,9-11)10-5-2-1-3-6-10/h10-11,14H,1-9,13H2. The van der Waals surface area contributed by atoms with Crippen molar-refractivity contribution in [1.82, 2.24) is 0 Å². The van der Waals surface area contributed by atoms with E-state index >= 15 is 0 Å². The Labute approximate surface area is 86.9 Å². The van der Waals surface area contributed by atoms with Gasteiger partial charge in [0.2, 0.25) is 0 Å². The Hall–Kier alpha value is -0.0800. The van der Waals surface area contributed by atoms with Crippen LogP contribution in [0.3, 0.4) is 0 Å². The van der Waals surface area contributed by atoms with Crippen LogP contribution < -0.4 is 5.73 Å². The molecule has 2 nitrogen and oxygen atoms in total. The molecule has 0 aromatic carbocycles. The summed E-state index contributed by atoms with van der Waals surface area (Å²) in [4.78, 5) is 0. The maximum atomic E-state index is 10.6. The second kappa shape index (κ2) is 4.19. The summed E-state index contributed by atoms with van der Waals surface area (Å²) in [6.45, 7) is 0. The van der Waals surface area contributed by atoms with Gasteiger partial charge >= 0.3 is 0 Å². The number of nitrogens with two attached hydrogens (primary N) is 1. The molecule has 2 saturated carbocycles. The second-order valence-electron chi connectivity index (χ2n) is 5.29. The van der Waals surface area contributed by atoms with Crippen LogP contribution in [0, 0.1) is 5.92 Å². The summed E-state index contributed by atoms with van der Waals surface area (Å²) in [5.41, 5.74) is 5.55. The summed E-state index contributed by atoms with van der Waals surface area (Å²) in [6, 6.07) is 0.246. The number of rotatable bonds is 1. The fourth-order valence-corrected chi connectivity index (χ4v) is 3.34.